The van der Waals surface area contributed by atoms with Gasteiger partial charge in [0.05, 0.1) is 11.0 Å². The Morgan fingerprint density at radius 3 is 1.84 bits per heavy atom. The van der Waals surface area contributed by atoms with E-state index < -0.39 is 0 Å². The molecule has 10 aromatic rings. The molecule has 3 heteroatoms. The van der Waals surface area contributed by atoms with Crippen LogP contribution in [0.4, 0.5) is 17.1 Å². The molecule has 10 rings (SSSR count). The van der Waals surface area contributed by atoms with Gasteiger partial charge in [-0.3, -0.25) is 0 Å². The number of hydrogen-bond donors (Lipinski definition) is 0. The molecule has 0 aliphatic heterocycles. The Labute approximate surface area is 283 Å². The summed E-state index contributed by atoms with van der Waals surface area (Å²) in [7, 11) is 0. The number of anilines is 3. The van der Waals surface area contributed by atoms with Gasteiger partial charge in [0.15, 0.2) is 0 Å². The predicted octanol–water partition coefficient (Wildman–Crippen LogP) is 13.0. The molecular weight excluding hydrogens is 597 g/mol. The van der Waals surface area contributed by atoms with E-state index in [4.69, 9.17) is 4.42 Å². The molecule has 0 aliphatic rings. The molecule has 3 nitrogen and oxygen atoms in total. The normalized spacial score (nSPS) is 11.7. The molecule has 230 valence electrons. The van der Waals surface area contributed by atoms with E-state index in [1.54, 1.807) is 0 Å². The summed E-state index contributed by atoms with van der Waals surface area (Å²) in [4.78, 5) is 2.38. The van der Waals surface area contributed by atoms with Gasteiger partial charge in [-0.15, -0.1) is 0 Å². The number of fused-ring (bicyclic) bond motifs is 7. The van der Waals surface area contributed by atoms with Crippen molar-refractivity contribution in [3.8, 4) is 16.8 Å². The minimum Gasteiger partial charge on any atom is -0.456 e. The first-order chi connectivity index (χ1) is 24.3. The molecule has 0 unspecified atom stereocenters. The monoisotopic (exact) mass is 626 g/mol. The predicted molar refractivity (Wildman–Crippen MR) is 206 cm³/mol. The molecule has 0 atom stereocenters. The van der Waals surface area contributed by atoms with E-state index in [2.05, 4.69) is 179 Å². The van der Waals surface area contributed by atoms with Crippen LogP contribution in [-0.2, 0) is 0 Å². The molecule has 0 saturated carbocycles. The Morgan fingerprint density at radius 2 is 1.02 bits per heavy atom. The Morgan fingerprint density at radius 1 is 0.408 bits per heavy atom. The molecule has 0 amide bonds. The van der Waals surface area contributed by atoms with Crippen LogP contribution in [0.5, 0.6) is 0 Å². The lowest BCUT2D eigenvalue weighted by molar-refractivity contribution is 0.669. The minimum absolute atomic E-state index is 0.898. The first-order valence-electron chi connectivity index (χ1n) is 16.7. The van der Waals surface area contributed by atoms with Crippen molar-refractivity contribution < 1.29 is 4.42 Å². The topological polar surface area (TPSA) is 21.3 Å². The van der Waals surface area contributed by atoms with Crippen molar-refractivity contribution in [2.24, 2.45) is 0 Å². The first-order valence-corrected chi connectivity index (χ1v) is 16.7. The third-order valence-electron chi connectivity index (χ3n) is 9.74. The summed E-state index contributed by atoms with van der Waals surface area (Å²) in [6.45, 7) is 0. The van der Waals surface area contributed by atoms with Crippen molar-refractivity contribution in [1.82, 2.24) is 4.57 Å². The minimum atomic E-state index is 0.898. The Hall–Kier alpha value is -6.58. The Kier molecular flexibility index (Phi) is 6.18. The Balaban J connectivity index is 1.19. The summed E-state index contributed by atoms with van der Waals surface area (Å²) in [5.74, 6) is 0. The SMILES string of the molecule is c1cc(-c2cccc3oc4ccccc4c23)cc(N(c2cccc(-n3c4ccccc4c4ccccc43)c2)c2ccc3ccccc3c2)c1. The fraction of sp³-hybridized carbons (Fsp3) is 0. The van der Waals surface area contributed by atoms with Crippen molar-refractivity contribution in [3.05, 3.63) is 182 Å². The average molecular weight is 627 g/mol. The van der Waals surface area contributed by atoms with E-state index in [0.29, 0.717) is 0 Å². The van der Waals surface area contributed by atoms with Crippen LogP contribution in [0.15, 0.2) is 186 Å². The lowest BCUT2D eigenvalue weighted by Gasteiger charge is -2.27. The van der Waals surface area contributed by atoms with Crippen molar-refractivity contribution in [2.45, 2.75) is 0 Å². The molecule has 8 aromatic carbocycles. The van der Waals surface area contributed by atoms with Crippen LogP contribution in [0, 0.1) is 0 Å². The fourth-order valence-electron chi connectivity index (χ4n) is 7.56. The van der Waals surface area contributed by atoms with E-state index in [-0.39, 0.29) is 0 Å². The molecule has 0 N–H and O–H groups in total. The van der Waals surface area contributed by atoms with Crippen LogP contribution in [0.1, 0.15) is 0 Å². The third kappa shape index (κ3) is 4.44. The lowest BCUT2D eigenvalue weighted by atomic mass is 9.98. The zero-order chi connectivity index (χ0) is 32.3. The molecule has 2 heterocycles. The fourth-order valence-corrected chi connectivity index (χ4v) is 7.56. The van der Waals surface area contributed by atoms with Crippen LogP contribution < -0.4 is 4.90 Å². The summed E-state index contributed by atoms with van der Waals surface area (Å²) in [5.41, 5.74) is 10.9. The zero-order valence-corrected chi connectivity index (χ0v) is 26.6. The van der Waals surface area contributed by atoms with Crippen molar-refractivity contribution in [2.75, 3.05) is 4.90 Å². The van der Waals surface area contributed by atoms with Crippen molar-refractivity contribution >= 4 is 71.6 Å². The van der Waals surface area contributed by atoms with Crippen LogP contribution in [0.3, 0.4) is 0 Å². The number of aromatic nitrogens is 1. The summed E-state index contributed by atoms with van der Waals surface area (Å²) in [6.07, 6.45) is 0. The molecule has 0 spiro atoms. The largest absolute Gasteiger partial charge is 0.456 e. The highest BCUT2D eigenvalue weighted by molar-refractivity contribution is 6.13. The zero-order valence-electron chi connectivity index (χ0n) is 26.6. The van der Waals surface area contributed by atoms with Gasteiger partial charge in [-0.2, -0.15) is 0 Å². The number of nitrogens with zero attached hydrogens (tertiary/aromatic N) is 2. The van der Waals surface area contributed by atoms with Gasteiger partial charge >= 0.3 is 0 Å². The van der Waals surface area contributed by atoms with Crippen molar-refractivity contribution in [3.63, 3.8) is 0 Å². The van der Waals surface area contributed by atoms with Gasteiger partial charge in [-0.25, -0.2) is 0 Å². The number of para-hydroxylation sites is 3. The Bertz CT molecular complexity index is 2800. The molecule has 0 bridgehead atoms. The second kappa shape index (κ2) is 11.0. The van der Waals surface area contributed by atoms with Gasteiger partial charge in [0, 0.05) is 44.3 Å². The highest BCUT2D eigenvalue weighted by atomic mass is 16.3. The maximum Gasteiger partial charge on any atom is 0.136 e. The van der Waals surface area contributed by atoms with E-state index in [9.17, 15) is 0 Å². The summed E-state index contributed by atoms with van der Waals surface area (Å²) < 4.78 is 8.65. The van der Waals surface area contributed by atoms with Gasteiger partial charge in [0.25, 0.3) is 0 Å². The van der Waals surface area contributed by atoms with E-state index in [0.717, 1.165) is 55.8 Å². The highest BCUT2D eigenvalue weighted by Gasteiger charge is 2.18. The quantitative estimate of drug-likeness (QED) is 0.190. The molecular formula is C46H30N2O. The second-order valence-corrected chi connectivity index (χ2v) is 12.6. The number of furan rings is 1. The molecule has 49 heavy (non-hydrogen) atoms. The molecule has 0 fully saturated rings. The van der Waals surface area contributed by atoms with Crippen LogP contribution in [0.25, 0.3) is 71.3 Å². The first kappa shape index (κ1) is 27.5. The summed E-state index contributed by atoms with van der Waals surface area (Å²) in [5, 5.41) is 7.20. The molecule has 0 radical (unpaired) electrons. The standard InChI is InChI=1S/C46H30N2O/c1-2-13-32-28-37(27-26-31(32)12-1)47(34-15-9-14-33(29-34)38-21-11-25-45-46(38)41-20-5-8-24-44(41)49-45)35-16-10-17-36(30-35)48-42-22-6-3-18-39(42)40-19-4-7-23-43(40)48/h1-30H. The molecule has 2 aromatic heterocycles. The van der Waals surface area contributed by atoms with E-state index in [1.165, 1.54) is 32.6 Å². The number of benzene rings is 8. The van der Waals surface area contributed by atoms with E-state index in [1.807, 2.05) is 12.1 Å². The van der Waals surface area contributed by atoms with Crippen LogP contribution in [-0.4, -0.2) is 4.57 Å². The lowest BCUT2D eigenvalue weighted by Crippen LogP contribution is -2.10. The van der Waals surface area contributed by atoms with Crippen LogP contribution in [0.2, 0.25) is 0 Å². The van der Waals surface area contributed by atoms with Gasteiger partial charge < -0.3 is 13.9 Å². The molecule has 0 aliphatic carbocycles. The van der Waals surface area contributed by atoms with Crippen molar-refractivity contribution in [1.29, 1.82) is 0 Å². The summed E-state index contributed by atoms with van der Waals surface area (Å²) in [6, 6.07) is 65.1. The smallest absolute Gasteiger partial charge is 0.136 e. The molecule has 0 saturated heterocycles. The highest BCUT2D eigenvalue weighted by Crippen LogP contribution is 2.42. The van der Waals surface area contributed by atoms with Gasteiger partial charge in [-0.05, 0) is 88.6 Å². The number of hydrogen-bond acceptors (Lipinski definition) is 2. The van der Waals surface area contributed by atoms with Gasteiger partial charge in [-0.1, -0.05) is 115 Å². The number of rotatable bonds is 5. The second-order valence-electron chi connectivity index (χ2n) is 12.6. The maximum absolute atomic E-state index is 6.27. The average Bonchev–Trinajstić information content (AvgIpc) is 3.71. The van der Waals surface area contributed by atoms with E-state index >= 15 is 0 Å². The summed E-state index contributed by atoms with van der Waals surface area (Å²) >= 11 is 0. The van der Waals surface area contributed by atoms with Crippen LogP contribution >= 0.6 is 0 Å². The maximum atomic E-state index is 6.27. The van der Waals surface area contributed by atoms with Gasteiger partial charge in [0.2, 0.25) is 0 Å². The third-order valence-corrected chi connectivity index (χ3v) is 9.74. The van der Waals surface area contributed by atoms with Gasteiger partial charge in [0.1, 0.15) is 11.2 Å².